The highest BCUT2D eigenvalue weighted by Gasteiger charge is 2.15. The van der Waals surface area contributed by atoms with E-state index in [-0.39, 0.29) is 0 Å². The van der Waals surface area contributed by atoms with Gasteiger partial charge < -0.3 is 9.47 Å². The van der Waals surface area contributed by atoms with E-state index in [0.717, 1.165) is 30.2 Å². The number of benzene rings is 1. The van der Waals surface area contributed by atoms with Gasteiger partial charge in [-0.1, -0.05) is 24.3 Å². The number of nitrogens with zero attached hydrogens (tertiary/aromatic N) is 4. The molecule has 2 aromatic rings. The van der Waals surface area contributed by atoms with Crippen LogP contribution in [0.3, 0.4) is 0 Å². The van der Waals surface area contributed by atoms with Gasteiger partial charge in [-0.15, -0.1) is 0 Å². The highest BCUT2D eigenvalue weighted by atomic mass is 15.3. The molecule has 1 saturated heterocycles. The summed E-state index contributed by atoms with van der Waals surface area (Å²) in [7, 11) is 2.00. The number of pyridine rings is 1. The number of aliphatic imine (C=N–C) groups is 1. The molecule has 0 amide bonds. The molecule has 1 aromatic heterocycles. The van der Waals surface area contributed by atoms with Crippen LogP contribution >= 0.6 is 0 Å². The van der Waals surface area contributed by atoms with Crippen LogP contribution in [0.15, 0.2) is 64.7 Å². The fraction of sp³-hybridized carbons (Fsp3) is 0.294. The molecule has 4 nitrogen and oxygen atoms in total. The second kappa shape index (κ2) is 6.39. The summed E-state index contributed by atoms with van der Waals surface area (Å²) < 4.78 is 2.01. The Morgan fingerprint density at radius 1 is 0.952 bits per heavy atom. The van der Waals surface area contributed by atoms with Gasteiger partial charge in [0.1, 0.15) is 5.49 Å². The van der Waals surface area contributed by atoms with E-state index in [4.69, 9.17) is 9.98 Å². The molecule has 0 unspecified atom stereocenters. The Hall–Kier alpha value is -2.36. The monoisotopic (exact) mass is 280 g/mol. The lowest BCUT2D eigenvalue weighted by Gasteiger charge is -2.16. The van der Waals surface area contributed by atoms with Gasteiger partial charge in [-0.3, -0.25) is 0 Å². The van der Waals surface area contributed by atoms with Crippen molar-refractivity contribution in [2.45, 2.75) is 12.8 Å². The number of aromatic nitrogens is 1. The second-order valence-corrected chi connectivity index (χ2v) is 5.22. The third kappa shape index (κ3) is 3.40. The van der Waals surface area contributed by atoms with Crippen molar-refractivity contribution in [3.63, 3.8) is 0 Å². The van der Waals surface area contributed by atoms with Gasteiger partial charge in [0, 0.05) is 26.3 Å². The van der Waals surface area contributed by atoms with Crippen LogP contribution in [0.1, 0.15) is 12.8 Å². The number of para-hydroxylation sites is 1. The summed E-state index contributed by atoms with van der Waals surface area (Å²) >= 11 is 0. The maximum atomic E-state index is 4.77. The number of hydrogen-bond acceptors (Lipinski definition) is 1. The smallest absolute Gasteiger partial charge is 0.227 e. The Bertz CT molecular complexity index is 679. The van der Waals surface area contributed by atoms with E-state index < -0.39 is 0 Å². The van der Waals surface area contributed by atoms with Crippen molar-refractivity contribution in [2.24, 2.45) is 17.0 Å². The lowest BCUT2D eigenvalue weighted by molar-refractivity contribution is 0.511. The van der Waals surface area contributed by atoms with Gasteiger partial charge in [0.2, 0.25) is 5.96 Å². The topological polar surface area (TPSA) is 32.9 Å². The first-order valence-corrected chi connectivity index (χ1v) is 7.38. The van der Waals surface area contributed by atoms with Crippen LogP contribution in [0.4, 0.5) is 5.69 Å². The molecule has 1 aromatic carbocycles. The molecule has 108 valence electrons. The van der Waals surface area contributed by atoms with Crippen molar-refractivity contribution in [2.75, 3.05) is 13.1 Å². The minimum Gasteiger partial charge on any atom is -0.341 e. The minimum absolute atomic E-state index is 0.806. The minimum atomic E-state index is 0.806. The van der Waals surface area contributed by atoms with Crippen LogP contribution in [0, 0.1) is 0 Å². The molecule has 0 spiro atoms. The largest absolute Gasteiger partial charge is 0.341 e. The van der Waals surface area contributed by atoms with Gasteiger partial charge >= 0.3 is 0 Å². The summed E-state index contributed by atoms with van der Waals surface area (Å²) in [4.78, 5) is 11.8. The Morgan fingerprint density at radius 3 is 2.38 bits per heavy atom. The number of likely N-dealkylation sites (tertiary alicyclic amines) is 1. The van der Waals surface area contributed by atoms with E-state index in [2.05, 4.69) is 4.90 Å². The standard InChI is InChI=1S/C17H20N4/c1-20-12-6-5-11-16(20)19-17(21-13-7-8-14-21)18-15-9-3-2-4-10-15/h2-6,9-12H,7-8,13-14H2,1H3. The van der Waals surface area contributed by atoms with Crippen LogP contribution < -0.4 is 5.49 Å². The van der Waals surface area contributed by atoms with Gasteiger partial charge in [-0.2, -0.15) is 4.99 Å². The molecule has 21 heavy (non-hydrogen) atoms. The Kier molecular flexibility index (Phi) is 4.15. The predicted molar refractivity (Wildman–Crippen MR) is 85.3 cm³/mol. The molecular weight excluding hydrogens is 260 g/mol. The fourth-order valence-corrected chi connectivity index (χ4v) is 2.43. The van der Waals surface area contributed by atoms with Gasteiger partial charge in [-0.25, -0.2) is 4.99 Å². The summed E-state index contributed by atoms with van der Waals surface area (Å²) in [5.74, 6) is 0.806. The Balaban J connectivity index is 2.03. The van der Waals surface area contributed by atoms with Crippen molar-refractivity contribution >= 4 is 11.6 Å². The Labute approximate surface area is 125 Å². The van der Waals surface area contributed by atoms with Crippen LogP contribution in [0.25, 0.3) is 0 Å². The first-order valence-electron chi connectivity index (χ1n) is 7.38. The summed E-state index contributed by atoms with van der Waals surface area (Å²) in [5.41, 5.74) is 1.86. The lowest BCUT2D eigenvalue weighted by Crippen LogP contribution is -2.29. The summed E-state index contributed by atoms with van der Waals surface area (Å²) in [6, 6.07) is 16.0. The van der Waals surface area contributed by atoms with Crippen molar-refractivity contribution < 1.29 is 0 Å². The van der Waals surface area contributed by atoms with Crippen LogP contribution in [0.2, 0.25) is 0 Å². The van der Waals surface area contributed by atoms with E-state index in [1.807, 2.05) is 66.3 Å². The molecule has 1 fully saturated rings. The third-order valence-corrected chi connectivity index (χ3v) is 3.62. The highest BCUT2D eigenvalue weighted by molar-refractivity contribution is 5.83. The van der Waals surface area contributed by atoms with Crippen molar-refractivity contribution in [1.29, 1.82) is 0 Å². The highest BCUT2D eigenvalue weighted by Crippen LogP contribution is 2.15. The van der Waals surface area contributed by atoms with Crippen LogP contribution in [0.5, 0.6) is 0 Å². The van der Waals surface area contributed by atoms with Gasteiger partial charge in [-0.05, 0) is 37.1 Å². The van der Waals surface area contributed by atoms with Gasteiger partial charge in [0.15, 0.2) is 0 Å². The molecule has 1 aliphatic heterocycles. The lowest BCUT2D eigenvalue weighted by atomic mass is 10.3. The molecule has 0 saturated carbocycles. The molecular formula is C17H20N4. The molecule has 0 radical (unpaired) electrons. The number of rotatable bonds is 1. The fourth-order valence-electron chi connectivity index (χ4n) is 2.43. The second-order valence-electron chi connectivity index (χ2n) is 5.22. The molecule has 2 heterocycles. The van der Waals surface area contributed by atoms with Crippen LogP contribution in [-0.4, -0.2) is 28.5 Å². The van der Waals surface area contributed by atoms with E-state index >= 15 is 0 Å². The molecule has 0 atom stereocenters. The van der Waals surface area contributed by atoms with E-state index in [1.165, 1.54) is 12.8 Å². The first kappa shape index (κ1) is 13.6. The average Bonchev–Trinajstić information content (AvgIpc) is 3.04. The van der Waals surface area contributed by atoms with Crippen LogP contribution in [-0.2, 0) is 7.05 Å². The Morgan fingerprint density at radius 2 is 1.67 bits per heavy atom. The summed E-state index contributed by atoms with van der Waals surface area (Å²) in [5, 5.41) is 0. The molecule has 4 heteroatoms. The number of aryl methyl sites for hydroxylation is 1. The van der Waals surface area contributed by atoms with Crippen molar-refractivity contribution in [1.82, 2.24) is 9.47 Å². The zero-order chi connectivity index (χ0) is 14.5. The average molecular weight is 280 g/mol. The zero-order valence-corrected chi connectivity index (χ0v) is 12.3. The SMILES string of the molecule is Cn1ccccc1=NC(=Nc1ccccc1)N1CCCC1. The maximum Gasteiger partial charge on any atom is 0.227 e. The molecule has 0 bridgehead atoms. The first-order chi connectivity index (χ1) is 10.3. The van der Waals surface area contributed by atoms with E-state index in [9.17, 15) is 0 Å². The summed E-state index contributed by atoms with van der Waals surface area (Å²) in [6.07, 6.45) is 4.43. The van der Waals surface area contributed by atoms with Crippen molar-refractivity contribution in [3.8, 4) is 0 Å². The third-order valence-electron chi connectivity index (χ3n) is 3.62. The molecule has 1 aliphatic rings. The van der Waals surface area contributed by atoms with Gasteiger partial charge in [0.25, 0.3) is 0 Å². The molecule has 0 N–H and O–H groups in total. The quantitative estimate of drug-likeness (QED) is 0.584. The van der Waals surface area contributed by atoms with E-state index in [0.29, 0.717) is 0 Å². The van der Waals surface area contributed by atoms with Crippen molar-refractivity contribution in [3.05, 3.63) is 60.2 Å². The maximum absolute atomic E-state index is 4.77. The van der Waals surface area contributed by atoms with Gasteiger partial charge in [0.05, 0.1) is 5.69 Å². The summed E-state index contributed by atoms with van der Waals surface area (Å²) in [6.45, 7) is 2.07. The zero-order valence-electron chi connectivity index (χ0n) is 12.3. The number of guanidine groups is 1. The number of hydrogen-bond donors (Lipinski definition) is 0. The molecule has 0 aliphatic carbocycles. The van der Waals surface area contributed by atoms with E-state index in [1.54, 1.807) is 0 Å². The predicted octanol–water partition coefficient (Wildman–Crippen LogP) is 2.71. The molecule has 3 rings (SSSR count). The normalized spacial score (nSPS) is 16.5.